The molecule has 0 bridgehead atoms. The highest BCUT2D eigenvalue weighted by molar-refractivity contribution is 5.94. The number of hydrogen-bond acceptors (Lipinski definition) is 3. The normalized spacial score (nSPS) is 17.9. The van der Waals surface area contributed by atoms with Crippen molar-refractivity contribution in [3.63, 3.8) is 0 Å². The van der Waals surface area contributed by atoms with Crippen LogP contribution in [0.5, 0.6) is 0 Å². The van der Waals surface area contributed by atoms with Gasteiger partial charge in [-0.25, -0.2) is 0 Å². The number of nitrogens with one attached hydrogen (secondary N) is 1. The van der Waals surface area contributed by atoms with Crippen LogP contribution in [0.4, 0.5) is 0 Å². The smallest absolute Gasteiger partial charge is 0.254 e. The number of carbonyl (C=O) groups excluding carboxylic acids is 2. The van der Waals surface area contributed by atoms with E-state index in [0.717, 1.165) is 18.4 Å². The highest BCUT2D eigenvalue weighted by atomic mass is 16.3. The molecule has 5 heteroatoms. The summed E-state index contributed by atoms with van der Waals surface area (Å²) in [6, 6.07) is 7.02. The zero-order chi connectivity index (χ0) is 17.0. The van der Waals surface area contributed by atoms with Crippen LogP contribution in [0.3, 0.4) is 0 Å². The molecule has 0 aromatic heterocycles. The zero-order valence-corrected chi connectivity index (χ0v) is 13.7. The molecule has 0 radical (unpaired) electrons. The Labute approximate surface area is 137 Å². The van der Waals surface area contributed by atoms with Crippen LogP contribution in [-0.2, 0) is 11.3 Å². The number of rotatable bonds is 5. The topological polar surface area (TPSA) is 69.6 Å². The average molecular weight is 316 g/mol. The van der Waals surface area contributed by atoms with E-state index in [0.29, 0.717) is 18.7 Å². The minimum atomic E-state index is -0.902. The van der Waals surface area contributed by atoms with Crippen LogP contribution in [0.25, 0.3) is 0 Å². The highest BCUT2D eigenvalue weighted by Gasteiger charge is 2.38. The van der Waals surface area contributed by atoms with E-state index in [9.17, 15) is 14.7 Å². The summed E-state index contributed by atoms with van der Waals surface area (Å²) < 4.78 is 0. The highest BCUT2D eigenvalue weighted by Crippen LogP contribution is 2.28. The van der Waals surface area contributed by atoms with Crippen LogP contribution in [0, 0.1) is 0 Å². The maximum Gasteiger partial charge on any atom is 0.254 e. The third kappa shape index (κ3) is 4.20. The maximum absolute atomic E-state index is 12.7. The summed E-state index contributed by atoms with van der Waals surface area (Å²) in [6.07, 6.45) is 2.95. The van der Waals surface area contributed by atoms with Crippen LogP contribution in [0.2, 0.25) is 0 Å². The number of benzene rings is 1. The van der Waals surface area contributed by atoms with E-state index >= 15 is 0 Å². The number of likely N-dealkylation sites (tertiary alicyclic amines) is 1. The average Bonchev–Trinajstić information content (AvgIpc) is 3.02. The molecule has 1 fully saturated rings. The van der Waals surface area contributed by atoms with Crippen LogP contribution in [0.15, 0.2) is 36.9 Å². The van der Waals surface area contributed by atoms with Gasteiger partial charge in [-0.05, 0) is 50.5 Å². The van der Waals surface area contributed by atoms with Gasteiger partial charge in [-0.15, -0.1) is 0 Å². The Balaban J connectivity index is 2.05. The lowest BCUT2D eigenvalue weighted by atomic mass is 9.96. The zero-order valence-electron chi connectivity index (χ0n) is 13.7. The lowest BCUT2D eigenvalue weighted by Crippen LogP contribution is -2.48. The molecule has 124 valence electrons. The summed E-state index contributed by atoms with van der Waals surface area (Å²) in [5, 5.41) is 12.9. The van der Waals surface area contributed by atoms with Gasteiger partial charge in [-0.2, -0.15) is 0 Å². The van der Waals surface area contributed by atoms with E-state index in [-0.39, 0.29) is 17.9 Å². The number of carbonyl (C=O) groups is 2. The lowest BCUT2D eigenvalue weighted by molar-refractivity contribution is -0.116. The molecule has 1 aromatic carbocycles. The second-order valence-corrected chi connectivity index (χ2v) is 6.43. The molecule has 1 saturated heterocycles. The van der Waals surface area contributed by atoms with Crippen molar-refractivity contribution in [3.8, 4) is 0 Å². The van der Waals surface area contributed by atoms with Gasteiger partial charge >= 0.3 is 0 Å². The van der Waals surface area contributed by atoms with Gasteiger partial charge in [-0.3, -0.25) is 9.59 Å². The lowest BCUT2D eigenvalue weighted by Gasteiger charge is -2.33. The molecule has 5 nitrogen and oxygen atoms in total. The van der Waals surface area contributed by atoms with E-state index in [1.54, 1.807) is 30.9 Å². The Bertz CT molecular complexity index is 587. The predicted molar refractivity (Wildman–Crippen MR) is 88.8 cm³/mol. The molecule has 23 heavy (non-hydrogen) atoms. The minimum absolute atomic E-state index is 0.0590. The Morgan fingerprint density at radius 2 is 2.04 bits per heavy atom. The van der Waals surface area contributed by atoms with Gasteiger partial charge in [0.25, 0.3) is 5.91 Å². The van der Waals surface area contributed by atoms with Crippen LogP contribution in [0.1, 0.15) is 42.6 Å². The molecule has 2 rings (SSSR count). The Kier molecular flexibility index (Phi) is 5.21. The van der Waals surface area contributed by atoms with Gasteiger partial charge in [0.1, 0.15) is 0 Å². The van der Waals surface area contributed by atoms with Crippen molar-refractivity contribution in [1.82, 2.24) is 10.2 Å². The van der Waals surface area contributed by atoms with Crippen molar-refractivity contribution < 1.29 is 14.7 Å². The number of nitrogens with zero attached hydrogens (tertiary/aromatic N) is 1. The molecular weight excluding hydrogens is 292 g/mol. The fourth-order valence-electron chi connectivity index (χ4n) is 2.94. The molecule has 1 aliphatic heterocycles. The van der Waals surface area contributed by atoms with Gasteiger partial charge in [0.2, 0.25) is 5.91 Å². The predicted octanol–water partition coefficient (Wildman–Crippen LogP) is 1.86. The number of hydrogen-bond donors (Lipinski definition) is 2. The molecule has 1 unspecified atom stereocenters. The third-order valence-corrected chi connectivity index (χ3v) is 4.18. The molecule has 0 spiro atoms. The minimum Gasteiger partial charge on any atom is -0.388 e. The van der Waals surface area contributed by atoms with Gasteiger partial charge < -0.3 is 15.3 Å². The van der Waals surface area contributed by atoms with Crippen molar-refractivity contribution in [2.24, 2.45) is 0 Å². The Morgan fingerprint density at radius 1 is 1.39 bits per heavy atom. The van der Waals surface area contributed by atoms with Crippen molar-refractivity contribution in [2.45, 2.75) is 44.9 Å². The van der Waals surface area contributed by atoms with Crippen molar-refractivity contribution >= 4 is 11.8 Å². The monoisotopic (exact) mass is 316 g/mol. The van der Waals surface area contributed by atoms with E-state index in [2.05, 4.69) is 11.9 Å². The summed E-state index contributed by atoms with van der Waals surface area (Å²) in [5.74, 6) is -0.286. The van der Waals surface area contributed by atoms with E-state index < -0.39 is 5.60 Å². The molecule has 1 aliphatic rings. The summed E-state index contributed by atoms with van der Waals surface area (Å²) >= 11 is 0. The molecule has 2 amide bonds. The van der Waals surface area contributed by atoms with Gasteiger partial charge in [0.15, 0.2) is 0 Å². The molecule has 1 aromatic rings. The van der Waals surface area contributed by atoms with Gasteiger partial charge in [0, 0.05) is 18.7 Å². The number of aliphatic hydroxyl groups is 1. The van der Waals surface area contributed by atoms with Crippen molar-refractivity contribution in [3.05, 3.63) is 48.0 Å². The molecule has 0 saturated carbocycles. The first-order valence-corrected chi connectivity index (χ1v) is 7.85. The summed E-state index contributed by atoms with van der Waals surface area (Å²) in [6.45, 7) is 7.96. The third-order valence-electron chi connectivity index (χ3n) is 4.18. The first kappa shape index (κ1) is 17.2. The molecule has 2 N–H and O–H groups in total. The molecule has 1 heterocycles. The summed E-state index contributed by atoms with van der Waals surface area (Å²) in [7, 11) is 0. The quantitative estimate of drug-likeness (QED) is 0.815. The van der Waals surface area contributed by atoms with Gasteiger partial charge in [-0.1, -0.05) is 18.7 Å². The fourth-order valence-corrected chi connectivity index (χ4v) is 2.94. The van der Waals surface area contributed by atoms with E-state index in [1.807, 2.05) is 12.1 Å². The largest absolute Gasteiger partial charge is 0.388 e. The second-order valence-electron chi connectivity index (χ2n) is 6.43. The van der Waals surface area contributed by atoms with Crippen molar-refractivity contribution in [1.29, 1.82) is 0 Å². The van der Waals surface area contributed by atoms with E-state index in [1.165, 1.54) is 6.08 Å². The van der Waals surface area contributed by atoms with Crippen LogP contribution in [-0.4, -0.2) is 40.0 Å². The Morgan fingerprint density at radius 3 is 2.61 bits per heavy atom. The maximum atomic E-state index is 12.7. The summed E-state index contributed by atoms with van der Waals surface area (Å²) in [5.41, 5.74) is 0.610. The number of amides is 2. The summed E-state index contributed by atoms with van der Waals surface area (Å²) in [4.78, 5) is 25.6. The first-order valence-electron chi connectivity index (χ1n) is 7.85. The van der Waals surface area contributed by atoms with Crippen LogP contribution < -0.4 is 5.32 Å². The molecular formula is C18H24N2O3. The fraction of sp³-hybridized carbons (Fsp3) is 0.444. The van der Waals surface area contributed by atoms with Crippen LogP contribution >= 0.6 is 0 Å². The SMILES string of the molecule is C=CC(=O)NCc1ccc(C(=O)N2CCCC2C(C)(C)O)cc1. The Hall–Kier alpha value is -2.14. The van der Waals surface area contributed by atoms with Crippen molar-refractivity contribution in [2.75, 3.05) is 6.54 Å². The first-order chi connectivity index (χ1) is 10.8. The molecule has 0 aliphatic carbocycles. The van der Waals surface area contributed by atoms with E-state index in [4.69, 9.17) is 0 Å². The van der Waals surface area contributed by atoms with Gasteiger partial charge in [0.05, 0.1) is 11.6 Å². The standard InChI is InChI=1S/C18H24N2O3/c1-4-16(21)19-12-13-7-9-14(10-8-13)17(22)20-11-5-6-15(20)18(2,3)23/h4,7-10,15,23H,1,5-6,11-12H2,2-3H3,(H,19,21). The second kappa shape index (κ2) is 6.96. The molecule has 1 atom stereocenters.